The van der Waals surface area contributed by atoms with Gasteiger partial charge in [-0.15, -0.1) is 6.58 Å². The molecule has 39 heavy (non-hydrogen) atoms. The van der Waals surface area contributed by atoms with Crippen LogP contribution in [-0.2, 0) is 32.1 Å². The Morgan fingerprint density at radius 2 is 1.72 bits per heavy atom. The molecule has 0 saturated heterocycles. The lowest BCUT2D eigenvalue weighted by atomic mass is 9.67. The number of carbonyl (C=O) groups excluding carboxylic acids is 5. The van der Waals surface area contributed by atoms with Gasteiger partial charge in [0, 0.05) is 38.4 Å². The van der Waals surface area contributed by atoms with Crippen LogP contribution in [0.25, 0.3) is 0 Å². The van der Waals surface area contributed by atoms with Crippen molar-refractivity contribution in [3.05, 3.63) is 35.4 Å². The Morgan fingerprint density at radius 1 is 1.08 bits per heavy atom. The number of fused-ring (bicyclic) bond motifs is 2. The van der Waals surface area contributed by atoms with E-state index in [1.54, 1.807) is 25.1 Å². The van der Waals surface area contributed by atoms with Crippen molar-refractivity contribution in [1.29, 1.82) is 0 Å². The highest BCUT2D eigenvalue weighted by Gasteiger charge is 2.50. The van der Waals surface area contributed by atoms with Gasteiger partial charge < -0.3 is 20.8 Å². The third kappa shape index (κ3) is 5.66. The Kier molecular flexibility index (Phi) is 9.09. The number of rotatable bonds is 7. The van der Waals surface area contributed by atoms with Crippen LogP contribution in [0, 0.1) is 17.8 Å². The van der Waals surface area contributed by atoms with Gasteiger partial charge in [-0.3, -0.25) is 33.8 Å². The lowest BCUT2D eigenvalue weighted by Crippen LogP contribution is -2.54. The number of ketones is 4. The number of phenolic OH excluding ortho intramolecular Hbond substituents is 1. The van der Waals surface area contributed by atoms with Gasteiger partial charge in [0.1, 0.15) is 17.8 Å². The largest absolute Gasteiger partial charge is 0.507 e. The maximum atomic E-state index is 14.0. The number of aliphatic hydroxyl groups is 1. The highest BCUT2D eigenvalue weighted by molar-refractivity contribution is 6.45. The maximum Gasteiger partial charge on any atom is 0.231 e. The van der Waals surface area contributed by atoms with E-state index in [-0.39, 0.29) is 30.6 Å². The number of primary amides is 1. The standard InChI is InChI=1S/C28H38N4O7/c1-7-10-32(6)13-15-12-18(31(4)5)16-11-14-8-9-17(30(2)3)23(34)21(28(29)39)26(37)27(38)25(36)19(14)24(35)20(16)22(15)33/h7,12,14,17,19,21,26,33,37H,1,8-11,13H2,2-6H3,(H2,29,39)/t14-,17+,19?,21?,26?/m1/s1. The Morgan fingerprint density at radius 3 is 2.26 bits per heavy atom. The second-order valence-corrected chi connectivity index (χ2v) is 11.0. The van der Waals surface area contributed by atoms with Gasteiger partial charge in [0.15, 0.2) is 11.6 Å². The predicted octanol–water partition coefficient (Wildman–Crippen LogP) is -0.0591. The molecule has 4 N–H and O–H groups in total. The highest BCUT2D eigenvalue weighted by atomic mass is 16.3. The second kappa shape index (κ2) is 11.8. The predicted molar refractivity (Wildman–Crippen MR) is 144 cm³/mol. The first kappa shape index (κ1) is 30.1. The molecule has 0 bridgehead atoms. The maximum absolute atomic E-state index is 14.0. The number of amides is 1. The van der Waals surface area contributed by atoms with E-state index in [1.165, 1.54) is 0 Å². The fourth-order valence-corrected chi connectivity index (χ4v) is 5.81. The van der Waals surface area contributed by atoms with Crippen LogP contribution in [0.15, 0.2) is 18.7 Å². The Balaban J connectivity index is 2.19. The van der Waals surface area contributed by atoms with Crippen LogP contribution in [0.3, 0.4) is 0 Å². The van der Waals surface area contributed by atoms with Crippen molar-refractivity contribution in [3.8, 4) is 5.75 Å². The number of Topliss-reactive ketones (excluding diaryl/α,β-unsaturated/α-hetero) is 4. The molecule has 0 aliphatic heterocycles. The number of nitrogens with zero attached hydrogens (tertiary/aromatic N) is 3. The molecule has 3 unspecified atom stereocenters. The summed E-state index contributed by atoms with van der Waals surface area (Å²) in [7, 11) is 8.69. The van der Waals surface area contributed by atoms with Crippen LogP contribution in [0.2, 0.25) is 0 Å². The van der Waals surface area contributed by atoms with Gasteiger partial charge in [-0.05, 0) is 58.0 Å². The Bertz CT molecular complexity index is 1210. The fraction of sp³-hybridized carbons (Fsp3) is 0.536. The molecule has 0 spiro atoms. The van der Waals surface area contributed by atoms with E-state index < -0.39 is 58.9 Å². The van der Waals surface area contributed by atoms with E-state index >= 15 is 0 Å². The van der Waals surface area contributed by atoms with Gasteiger partial charge in [-0.2, -0.15) is 0 Å². The average Bonchev–Trinajstić information content (AvgIpc) is 2.83. The number of hydrogen-bond acceptors (Lipinski definition) is 10. The molecule has 1 fully saturated rings. The molecule has 5 atom stereocenters. The summed E-state index contributed by atoms with van der Waals surface area (Å²) in [5, 5.41) is 22.0. The van der Waals surface area contributed by atoms with E-state index in [0.29, 0.717) is 29.9 Å². The van der Waals surface area contributed by atoms with Crippen molar-refractivity contribution in [1.82, 2.24) is 9.80 Å². The minimum absolute atomic E-state index is 0.0242. The molecule has 1 aromatic carbocycles. The molecule has 0 heterocycles. The number of hydrogen-bond donors (Lipinski definition) is 3. The van der Waals surface area contributed by atoms with E-state index in [2.05, 4.69) is 6.58 Å². The zero-order chi connectivity index (χ0) is 29.3. The summed E-state index contributed by atoms with van der Waals surface area (Å²) in [6.45, 7) is 4.55. The topological polar surface area (TPSA) is 162 Å². The number of carbonyl (C=O) groups is 5. The minimum atomic E-state index is -2.30. The smallest absolute Gasteiger partial charge is 0.231 e. The van der Waals surface area contributed by atoms with Gasteiger partial charge in [0.2, 0.25) is 17.5 Å². The Labute approximate surface area is 228 Å². The van der Waals surface area contributed by atoms with E-state index in [1.807, 2.05) is 37.0 Å². The summed E-state index contributed by atoms with van der Waals surface area (Å²) in [6, 6.07) is 0.932. The first-order valence-electron chi connectivity index (χ1n) is 12.9. The molecule has 0 radical (unpaired) electrons. The summed E-state index contributed by atoms with van der Waals surface area (Å²) < 4.78 is 0. The monoisotopic (exact) mass is 542 g/mol. The van der Waals surface area contributed by atoms with Gasteiger partial charge in [-0.25, -0.2) is 0 Å². The summed E-state index contributed by atoms with van der Waals surface area (Å²) in [6.07, 6.45) is -0.0244. The summed E-state index contributed by atoms with van der Waals surface area (Å²) in [5.74, 6) is -9.61. The van der Waals surface area contributed by atoms with Crippen molar-refractivity contribution >= 4 is 34.7 Å². The molecule has 11 nitrogen and oxygen atoms in total. The summed E-state index contributed by atoms with van der Waals surface area (Å²) in [5.41, 5.74) is 7.08. The normalized spacial score (nSPS) is 25.9. The fourth-order valence-electron chi connectivity index (χ4n) is 5.81. The first-order chi connectivity index (χ1) is 18.2. The van der Waals surface area contributed by atoms with Crippen LogP contribution >= 0.6 is 0 Å². The lowest BCUT2D eigenvalue weighted by Gasteiger charge is -2.37. The number of benzene rings is 1. The van der Waals surface area contributed by atoms with Crippen LogP contribution in [-0.4, -0.2) is 103 Å². The molecular formula is C28H38N4O7. The number of likely N-dealkylation sites (N-methyl/N-ethyl adjacent to an activating group) is 2. The van der Waals surface area contributed by atoms with Gasteiger partial charge >= 0.3 is 0 Å². The number of aliphatic hydroxyl groups excluding tert-OH is 1. The van der Waals surface area contributed by atoms with Crippen LogP contribution < -0.4 is 10.6 Å². The van der Waals surface area contributed by atoms with E-state index in [0.717, 1.165) is 0 Å². The van der Waals surface area contributed by atoms with Crippen LogP contribution in [0.4, 0.5) is 5.69 Å². The molecule has 0 aromatic heterocycles. The van der Waals surface area contributed by atoms with Gasteiger partial charge in [0.25, 0.3) is 0 Å². The lowest BCUT2D eigenvalue weighted by molar-refractivity contribution is -0.152. The van der Waals surface area contributed by atoms with Crippen LogP contribution in [0.5, 0.6) is 5.75 Å². The number of nitrogens with two attached hydrogens (primary N) is 1. The molecule has 1 saturated carbocycles. The molecular weight excluding hydrogens is 504 g/mol. The quantitative estimate of drug-likeness (QED) is 0.242. The van der Waals surface area contributed by atoms with Crippen molar-refractivity contribution < 1.29 is 34.2 Å². The minimum Gasteiger partial charge on any atom is -0.507 e. The molecule has 2 aliphatic rings. The van der Waals surface area contributed by atoms with Gasteiger partial charge in [0.05, 0.1) is 17.5 Å². The van der Waals surface area contributed by atoms with Crippen molar-refractivity contribution in [2.75, 3.05) is 46.7 Å². The molecule has 3 rings (SSSR count). The van der Waals surface area contributed by atoms with Crippen LogP contribution in [0.1, 0.15) is 34.3 Å². The number of aromatic hydroxyl groups is 1. The third-order valence-corrected chi connectivity index (χ3v) is 7.78. The molecule has 11 heteroatoms. The SMILES string of the molecule is C=CCN(C)Cc1cc(N(C)C)c2c(c1O)C(=O)C1C(=O)C(=O)C(O)C(C(N)=O)C(=O)[C@@H](N(C)C)CC[C@@H]1C2. The number of phenols is 1. The zero-order valence-corrected chi connectivity index (χ0v) is 23.1. The van der Waals surface area contributed by atoms with E-state index in [9.17, 15) is 34.2 Å². The first-order valence-corrected chi connectivity index (χ1v) is 12.9. The molecule has 1 amide bonds. The second-order valence-electron chi connectivity index (χ2n) is 11.0. The molecule has 212 valence electrons. The summed E-state index contributed by atoms with van der Waals surface area (Å²) >= 11 is 0. The van der Waals surface area contributed by atoms with Crippen molar-refractivity contribution in [3.63, 3.8) is 0 Å². The third-order valence-electron chi connectivity index (χ3n) is 7.78. The average molecular weight is 543 g/mol. The van der Waals surface area contributed by atoms with Crippen molar-refractivity contribution in [2.45, 2.75) is 38.0 Å². The number of anilines is 1. The molecule has 1 aromatic rings. The van der Waals surface area contributed by atoms with Gasteiger partial charge in [-0.1, -0.05) is 6.08 Å². The zero-order valence-electron chi connectivity index (χ0n) is 23.1. The Hall–Kier alpha value is -3.41. The molecule has 2 aliphatic carbocycles. The summed E-state index contributed by atoms with van der Waals surface area (Å²) in [4.78, 5) is 71.2. The van der Waals surface area contributed by atoms with Crippen molar-refractivity contribution in [2.24, 2.45) is 23.5 Å². The van der Waals surface area contributed by atoms with E-state index in [4.69, 9.17) is 5.73 Å². The highest BCUT2D eigenvalue weighted by Crippen LogP contribution is 2.44.